The second-order valence-corrected chi connectivity index (χ2v) is 8.07. The molecule has 1 N–H and O–H groups in total. The van der Waals surface area contributed by atoms with Crippen LogP contribution in [0.2, 0.25) is 0 Å². The summed E-state index contributed by atoms with van der Waals surface area (Å²) >= 11 is 3.40. The molecule has 30 heavy (non-hydrogen) atoms. The van der Waals surface area contributed by atoms with E-state index < -0.39 is 0 Å². The van der Waals surface area contributed by atoms with Gasteiger partial charge in [-0.1, -0.05) is 46.3 Å². The monoisotopic (exact) mass is 465 g/mol. The molecule has 0 saturated heterocycles. The van der Waals surface area contributed by atoms with Gasteiger partial charge in [0.05, 0.1) is 5.69 Å². The molecule has 0 spiro atoms. The third kappa shape index (κ3) is 4.18. The maximum atomic E-state index is 12.8. The zero-order valence-corrected chi connectivity index (χ0v) is 18.2. The molecule has 2 aromatic carbocycles. The average Bonchev–Trinajstić information content (AvgIpc) is 3.17. The Morgan fingerprint density at radius 3 is 2.57 bits per heavy atom. The SMILES string of the molecule is Cc1ccc(CNC(=O)Cn2ncn3nc(-c4ccc(Br)cc4)cc3c2=O)cc1C. The first-order valence-electron chi connectivity index (χ1n) is 9.45. The number of hydrogen-bond donors (Lipinski definition) is 1. The first-order valence-corrected chi connectivity index (χ1v) is 10.2. The number of amides is 1. The summed E-state index contributed by atoms with van der Waals surface area (Å²) < 4.78 is 3.55. The Morgan fingerprint density at radius 1 is 1.07 bits per heavy atom. The van der Waals surface area contributed by atoms with Gasteiger partial charge in [0.1, 0.15) is 18.4 Å². The number of nitrogens with zero attached hydrogens (tertiary/aromatic N) is 4. The summed E-state index contributed by atoms with van der Waals surface area (Å²) in [6, 6.07) is 15.4. The van der Waals surface area contributed by atoms with Gasteiger partial charge in [-0.25, -0.2) is 9.20 Å². The van der Waals surface area contributed by atoms with Crippen LogP contribution in [0.15, 0.2) is 64.1 Å². The van der Waals surface area contributed by atoms with Crippen molar-refractivity contribution in [3.05, 3.63) is 86.4 Å². The Hall–Kier alpha value is -3.26. The fourth-order valence-corrected chi connectivity index (χ4v) is 3.38. The molecular weight excluding hydrogens is 446 g/mol. The summed E-state index contributed by atoms with van der Waals surface area (Å²) in [5, 5.41) is 11.3. The maximum Gasteiger partial charge on any atom is 0.293 e. The van der Waals surface area contributed by atoms with Gasteiger partial charge in [-0.15, -0.1) is 0 Å². The van der Waals surface area contributed by atoms with Crippen molar-refractivity contribution in [2.75, 3.05) is 0 Å². The summed E-state index contributed by atoms with van der Waals surface area (Å²) in [7, 11) is 0. The number of rotatable bonds is 5. The van der Waals surface area contributed by atoms with Gasteiger partial charge in [0.15, 0.2) is 0 Å². The topological polar surface area (TPSA) is 81.3 Å². The third-order valence-electron chi connectivity index (χ3n) is 4.98. The standard InChI is InChI=1S/C22H20BrN5O2/c1-14-3-4-16(9-15(14)2)11-24-21(29)12-27-22(30)20-10-19(26-28(20)13-25-27)17-5-7-18(23)8-6-17/h3-10,13H,11-12H2,1-2H3,(H,24,29). The van der Waals surface area contributed by atoms with Crippen LogP contribution in [-0.2, 0) is 17.9 Å². The summed E-state index contributed by atoms with van der Waals surface area (Å²) in [6.45, 7) is 4.33. The summed E-state index contributed by atoms with van der Waals surface area (Å²) in [5.41, 5.74) is 4.94. The summed E-state index contributed by atoms with van der Waals surface area (Å²) in [6.07, 6.45) is 1.44. The highest BCUT2D eigenvalue weighted by atomic mass is 79.9. The van der Waals surface area contributed by atoms with E-state index in [1.165, 1.54) is 22.0 Å². The molecule has 2 aromatic heterocycles. The van der Waals surface area contributed by atoms with Gasteiger partial charge >= 0.3 is 0 Å². The second-order valence-electron chi connectivity index (χ2n) is 7.16. The van der Waals surface area contributed by atoms with Gasteiger partial charge in [-0.05, 0) is 48.7 Å². The van der Waals surface area contributed by atoms with Gasteiger partial charge in [0.2, 0.25) is 5.91 Å². The van der Waals surface area contributed by atoms with Crippen LogP contribution in [0.5, 0.6) is 0 Å². The predicted octanol–water partition coefficient (Wildman–Crippen LogP) is 3.25. The Labute approximate surface area is 181 Å². The molecule has 0 unspecified atom stereocenters. The number of carbonyl (C=O) groups excluding carboxylic acids is 1. The molecule has 8 heteroatoms. The number of benzene rings is 2. The van der Waals surface area contributed by atoms with Gasteiger partial charge in [0, 0.05) is 16.6 Å². The fraction of sp³-hybridized carbons (Fsp3) is 0.182. The fourth-order valence-electron chi connectivity index (χ4n) is 3.12. The smallest absolute Gasteiger partial charge is 0.293 e. The largest absolute Gasteiger partial charge is 0.350 e. The van der Waals surface area contributed by atoms with E-state index in [1.54, 1.807) is 6.07 Å². The molecule has 0 fully saturated rings. The Kier molecular flexibility index (Phi) is 5.50. The van der Waals surface area contributed by atoms with Crippen molar-refractivity contribution in [1.29, 1.82) is 0 Å². The molecule has 4 rings (SSSR count). The number of halogens is 1. The van der Waals surface area contributed by atoms with Crippen LogP contribution in [0, 0.1) is 13.8 Å². The highest BCUT2D eigenvalue weighted by molar-refractivity contribution is 9.10. The van der Waals surface area contributed by atoms with Crippen LogP contribution < -0.4 is 10.9 Å². The molecule has 0 aliphatic carbocycles. The van der Waals surface area contributed by atoms with Crippen molar-refractivity contribution < 1.29 is 4.79 Å². The van der Waals surface area contributed by atoms with Gasteiger partial charge in [-0.2, -0.15) is 10.2 Å². The van der Waals surface area contributed by atoms with Gasteiger partial charge in [-0.3, -0.25) is 9.59 Å². The summed E-state index contributed by atoms with van der Waals surface area (Å²) in [4.78, 5) is 25.1. The third-order valence-corrected chi connectivity index (χ3v) is 5.51. The second kappa shape index (κ2) is 8.23. The van der Waals surface area contributed by atoms with Crippen molar-refractivity contribution in [3.8, 4) is 11.3 Å². The molecule has 2 heterocycles. The van der Waals surface area contributed by atoms with Crippen LogP contribution in [0.3, 0.4) is 0 Å². The minimum absolute atomic E-state index is 0.154. The zero-order chi connectivity index (χ0) is 21.3. The lowest BCUT2D eigenvalue weighted by Crippen LogP contribution is -2.34. The molecular formula is C22H20BrN5O2. The van der Waals surface area contributed by atoms with E-state index in [1.807, 2.05) is 56.3 Å². The van der Waals surface area contributed by atoms with E-state index in [4.69, 9.17) is 0 Å². The Balaban J connectivity index is 1.50. The van der Waals surface area contributed by atoms with E-state index in [0.29, 0.717) is 17.8 Å². The van der Waals surface area contributed by atoms with Gasteiger partial charge in [0.25, 0.3) is 5.56 Å². The molecule has 152 valence electrons. The molecule has 0 bridgehead atoms. The Morgan fingerprint density at radius 2 is 1.83 bits per heavy atom. The maximum absolute atomic E-state index is 12.8. The van der Waals surface area contributed by atoms with E-state index in [-0.39, 0.29) is 18.0 Å². The first-order chi connectivity index (χ1) is 14.4. The number of aromatic nitrogens is 4. The zero-order valence-electron chi connectivity index (χ0n) is 16.6. The molecule has 0 saturated carbocycles. The number of nitrogens with one attached hydrogen (secondary N) is 1. The molecule has 0 aliphatic heterocycles. The highest BCUT2D eigenvalue weighted by Crippen LogP contribution is 2.20. The van der Waals surface area contributed by atoms with E-state index >= 15 is 0 Å². The lowest BCUT2D eigenvalue weighted by Gasteiger charge is -2.08. The normalized spacial score (nSPS) is 11.0. The predicted molar refractivity (Wildman–Crippen MR) is 118 cm³/mol. The molecule has 7 nitrogen and oxygen atoms in total. The van der Waals surface area contributed by atoms with Crippen molar-refractivity contribution in [1.82, 2.24) is 24.7 Å². The van der Waals surface area contributed by atoms with Crippen LogP contribution in [-0.4, -0.2) is 25.3 Å². The van der Waals surface area contributed by atoms with Crippen LogP contribution in [0.25, 0.3) is 16.8 Å². The van der Waals surface area contributed by atoms with Crippen molar-refractivity contribution in [3.63, 3.8) is 0 Å². The minimum Gasteiger partial charge on any atom is -0.350 e. The van der Waals surface area contributed by atoms with Crippen molar-refractivity contribution in [2.24, 2.45) is 0 Å². The van der Waals surface area contributed by atoms with Crippen LogP contribution in [0.4, 0.5) is 0 Å². The molecule has 4 aromatic rings. The van der Waals surface area contributed by atoms with Gasteiger partial charge < -0.3 is 5.32 Å². The lowest BCUT2D eigenvalue weighted by atomic mass is 10.1. The number of aryl methyl sites for hydroxylation is 2. The molecule has 0 aliphatic rings. The molecule has 1 amide bonds. The van der Waals surface area contributed by atoms with E-state index in [2.05, 4.69) is 31.4 Å². The van der Waals surface area contributed by atoms with Crippen LogP contribution in [0.1, 0.15) is 16.7 Å². The minimum atomic E-state index is -0.366. The summed E-state index contributed by atoms with van der Waals surface area (Å²) in [5.74, 6) is -0.278. The van der Waals surface area contributed by atoms with Crippen molar-refractivity contribution in [2.45, 2.75) is 26.9 Å². The Bertz CT molecular complexity index is 1290. The molecule has 0 radical (unpaired) electrons. The number of carbonyl (C=O) groups is 1. The number of fused-ring (bicyclic) bond motifs is 1. The average molecular weight is 466 g/mol. The quantitative estimate of drug-likeness (QED) is 0.490. The van der Waals surface area contributed by atoms with Crippen molar-refractivity contribution >= 4 is 27.4 Å². The first kappa shape index (κ1) is 20.0. The van der Waals surface area contributed by atoms with E-state index in [0.717, 1.165) is 20.3 Å². The molecule has 0 atom stereocenters. The lowest BCUT2D eigenvalue weighted by molar-refractivity contribution is -0.122. The van der Waals surface area contributed by atoms with Crippen LogP contribution >= 0.6 is 15.9 Å². The highest BCUT2D eigenvalue weighted by Gasteiger charge is 2.12. The van der Waals surface area contributed by atoms with E-state index in [9.17, 15) is 9.59 Å². The number of hydrogen-bond acceptors (Lipinski definition) is 4.